The SMILES string of the molecule is O=C(Cn1cccc(S(=O)(=O)N2CCCC2)c1=O)NCc1ccc(Cl)cc1. The van der Waals surface area contributed by atoms with Crippen molar-refractivity contribution in [3.63, 3.8) is 0 Å². The Kier molecular flexibility index (Phi) is 5.98. The van der Waals surface area contributed by atoms with E-state index in [-0.39, 0.29) is 23.9 Å². The number of amides is 1. The zero-order chi connectivity index (χ0) is 19.4. The van der Waals surface area contributed by atoms with E-state index in [2.05, 4.69) is 5.32 Å². The molecule has 0 unspecified atom stereocenters. The Labute approximate surface area is 162 Å². The fourth-order valence-corrected chi connectivity index (χ4v) is 4.65. The zero-order valence-corrected chi connectivity index (χ0v) is 16.2. The maximum absolute atomic E-state index is 12.6. The minimum absolute atomic E-state index is 0.254. The summed E-state index contributed by atoms with van der Waals surface area (Å²) < 4.78 is 27.7. The lowest BCUT2D eigenvalue weighted by Gasteiger charge is -2.16. The molecule has 1 amide bonds. The third-order valence-electron chi connectivity index (χ3n) is 4.39. The van der Waals surface area contributed by atoms with Crippen molar-refractivity contribution in [3.05, 3.63) is 63.5 Å². The van der Waals surface area contributed by atoms with Crippen LogP contribution in [0.25, 0.3) is 0 Å². The predicted molar refractivity (Wildman–Crippen MR) is 102 cm³/mol. The molecule has 3 rings (SSSR count). The van der Waals surface area contributed by atoms with Crippen molar-refractivity contribution in [2.24, 2.45) is 0 Å². The normalized spacial score (nSPS) is 15.0. The van der Waals surface area contributed by atoms with Gasteiger partial charge in [-0.3, -0.25) is 9.59 Å². The first kappa shape index (κ1) is 19.6. The topological polar surface area (TPSA) is 88.5 Å². The number of carbonyl (C=O) groups is 1. The molecule has 0 bridgehead atoms. The van der Waals surface area contributed by atoms with E-state index >= 15 is 0 Å². The first-order valence-electron chi connectivity index (χ1n) is 8.59. The first-order valence-corrected chi connectivity index (χ1v) is 10.4. The first-order chi connectivity index (χ1) is 12.9. The predicted octanol–water partition coefficient (Wildman–Crippen LogP) is 1.60. The maximum atomic E-state index is 12.6. The Bertz CT molecular complexity index is 980. The van der Waals surface area contributed by atoms with Gasteiger partial charge in [0.15, 0.2) is 0 Å². The standard InChI is InChI=1S/C18H20ClN3O4S/c19-15-7-5-14(6-8-15)12-20-17(23)13-21-9-3-4-16(18(21)24)27(25,26)22-10-1-2-11-22/h3-9H,1-2,10-13H2,(H,20,23). The Morgan fingerprint density at radius 3 is 2.44 bits per heavy atom. The van der Waals surface area contributed by atoms with Crippen molar-refractivity contribution in [1.82, 2.24) is 14.2 Å². The van der Waals surface area contributed by atoms with Crippen LogP contribution in [0.3, 0.4) is 0 Å². The van der Waals surface area contributed by atoms with E-state index in [9.17, 15) is 18.0 Å². The molecule has 0 saturated carbocycles. The molecular weight excluding hydrogens is 390 g/mol. The summed E-state index contributed by atoms with van der Waals surface area (Å²) in [4.78, 5) is 24.5. The second-order valence-corrected chi connectivity index (χ2v) is 8.66. The van der Waals surface area contributed by atoms with Gasteiger partial charge >= 0.3 is 0 Å². The molecule has 1 aliphatic rings. The number of nitrogens with one attached hydrogen (secondary N) is 1. The van der Waals surface area contributed by atoms with Gasteiger partial charge in [0.2, 0.25) is 15.9 Å². The zero-order valence-electron chi connectivity index (χ0n) is 14.6. The molecule has 1 aliphatic heterocycles. The molecule has 2 aromatic rings. The molecule has 1 fully saturated rings. The molecule has 1 aromatic heterocycles. The minimum Gasteiger partial charge on any atom is -0.350 e. The van der Waals surface area contributed by atoms with Crippen molar-refractivity contribution < 1.29 is 13.2 Å². The second-order valence-electron chi connectivity index (χ2n) is 6.32. The number of halogens is 1. The molecule has 0 atom stereocenters. The molecule has 144 valence electrons. The summed E-state index contributed by atoms with van der Waals surface area (Å²) in [6, 6.07) is 9.78. The summed E-state index contributed by atoms with van der Waals surface area (Å²) in [6.07, 6.45) is 2.98. The van der Waals surface area contributed by atoms with Crippen molar-refractivity contribution >= 4 is 27.5 Å². The highest BCUT2D eigenvalue weighted by Gasteiger charge is 2.29. The second kappa shape index (κ2) is 8.24. The van der Waals surface area contributed by atoms with Crippen LogP contribution in [-0.2, 0) is 27.9 Å². The summed E-state index contributed by atoms with van der Waals surface area (Å²) in [6.45, 7) is 0.864. The van der Waals surface area contributed by atoms with E-state index in [1.807, 2.05) is 0 Å². The fourth-order valence-electron chi connectivity index (χ4n) is 2.92. The van der Waals surface area contributed by atoms with Gasteiger partial charge in [0.05, 0.1) is 0 Å². The summed E-state index contributed by atoms with van der Waals surface area (Å²) in [5.41, 5.74) is 0.177. The number of hydrogen-bond acceptors (Lipinski definition) is 4. The fraction of sp³-hybridized carbons (Fsp3) is 0.333. The minimum atomic E-state index is -3.83. The Hall–Kier alpha value is -2.16. The van der Waals surface area contributed by atoms with Crippen LogP contribution in [-0.4, -0.2) is 36.3 Å². The van der Waals surface area contributed by atoms with Gasteiger partial charge in [0, 0.05) is 30.9 Å². The molecule has 7 nitrogen and oxygen atoms in total. The van der Waals surface area contributed by atoms with Crippen LogP contribution in [0, 0.1) is 0 Å². The van der Waals surface area contributed by atoms with Crippen LogP contribution in [0.1, 0.15) is 18.4 Å². The highest BCUT2D eigenvalue weighted by molar-refractivity contribution is 7.89. The van der Waals surface area contributed by atoms with Crippen molar-refractivity contribution in [3.8, 4) is 0 Å². The number of pyridine rings is 1. The van der Waals surface area contributed by atoms with Crippen molar-refractivity contribution in [2.45, 2.75) is 30.8 Å². The Morgan fingerprint density at radius 2 is 1.78 bits per heavy atom. The van der Waals surface area contributed by atoms with Crippen LogP contribution in [0.5, 0.6) is 0 Å². The Morgan fingerprint density at radius 1 is 1.11 bits per heavy atom. The van der Waals surface area contributed by atoms with Gasteiger partial charge in [-0.15, -0.1) is 0 Å². The number of aromatic nitrogens is 1. The number of benzene rings is 1. The van der Waals surface area contributed by atoms with Crippen LogP contribution in [0.2, 0.25) is 5.02 Å². The summed E-state index contributed by atoms with van der Waals surface area (Å²) in [7, 11) is -3.83. The Balaban J connectivity index is 1.71. The molecular formula is C18H20ClN3O4S. The van der Waals surface area contributed by atoms with Crippen molar-refractivity contribution in [2.75, 3.05) is 13.1 Å². The third-order valence-corrected chi connectivity index (χ3v) is 6.55. The number of carbonyl (C=O) groups excluding carboxylic acids is 1. The van der Waals surface area contributed by atoms with Crippen LogP contribution in [0.4, 0.5) is 0 Å². The summed E-state index contributed by atoms with van der Waals surface area (Å²) in [5.74, 6) is -0.386. The summed E-state index contributed by atoms with van der Waals surface area (Å²) >= 11 is 5.82. The molecule has 1 N–H and O–H groups in total. The van der Waals surface area contributed by atoms with Crippen LogP contribution >= 0.6 is 11.6 Å². The smallest absolute Gasteiger partial charge is 0.271 e. The van der Waals surface area contributed by atoms with Crippen LogP contribution < -0.4 is 10.9 Å². The van der Waals surface area contributed by atoms with E-state index in [0.717, 1.165) is 23.0 Å². The molecule has 0 radical (unpaired) electrons. The van der Waals surface area contributed by atoms with Gasteiger partial charge in [-0.05, 0) is 42.7 Å². The average Bonchev–Trinajstić information content (AvgIpc) is 3.18. The van der Waals surface area contributed by atoms with E-state index in [1.165, 1.54) is 22.6 Å². The van der Waals surface area contributed by atoms with Crippen molar-refractivity contribution in [1.29, 1.82) is 0 Å². The van der Waals surface area contributed by atoms with Gasteiger partial charge in [0.25, 0.3) is 5.56 Å². The molecule has 0 aliphatic carbocycles. The van der Waals surface area contributed by atoms with Gasteiger partial charge < -0.3 is 9.88 Å². The third kappa shape index (κ3) is 4.58. The van der Waals surface area contributed by atoms with E-state index in [4.69, 9.17) is 11.6 Å². The number of sulfonamides is 1. The molecule has 9 heteroatoms. The quantitative estimate of drug-likeness (QED) is 0.784. The number of nitrogens with zero attached hydrogens (tertiary/aromatic N) is 2. The highest BCUT2D eigenvalue weighted by atomic mass is 35.5. The lowest BCUT2D eigenvalue weighted by molar-refractivity contribution is -0.121. The lowest BCUT2D eigenvalue weighted by atomic mass is 10.2. The molecule has 27 heavy (non-hydrogen) atoms. The van der Waals surface area contributed by atoms with E-state index in [1.54, 1.807) is 24.3 Å². The average molecular weight is 410 g/mol. The molecule has 1 saturated heterocycles. The lowest BCUT2D eigenvalue weighted by Crippen LogP contribution is -2.37. The van der Waals surface area contributed by atoms with Crippen LogP contribution in [0.15, 0.2) is 52.3 Å². The van der Waals surface area contributed by atoms with E-state index in [0.29, 0.717) is 18.1 Å². The largest absolute Gasteiger partial charge is 0.350 e. The molecule has 2 heterocycles. The number of rotatable bonds is 6. The highest BCUT2D eigenvalue weighted by Crippen LogP contribution is 2.18. The molecule has 0 spiro atoms. The maximum Gasteiger partial charge on any atom is 0.271 e. The monoisotopic (exact) mass is 409 g/mol. The van der Waals surface area contributed by atoms with Gasteiger partial charge in [-0.2, -0.15) is 4.31 Å². The summed E-state index contributed by atoms with van der Waals surface area (Å²) in [5, 5.41) is 3.31. The van der Waals surface area contributed by atoms with E-state index < -0.39 is 15.6 Å². The van der Waals surface area contributed by atoms with Gasteiger partial charge in [-0.25, -0.2) is 8.42 Å². The van der Waals surface area contributed by atoms with Gasteiger partial charge in [-0.1, -0.05) is 23.7 Å². The van der Waals surface area contributed by atoms with Gasteiger partial charge in [0.1, 0.15) is 11.4 Å². The number of hydrogen-bond donors (Lipinski definition) is 1. The molecule has 1 aromatic carbocycles.